The minimum Gasteiger partial charge on any atom is -0.493 e. The fourth-order valence-electron chi connectivity index (χ4n) is 9.11. The number of nitrogens with zero attached hydrogens (tertiary/aromatic N) is 1. The Hall–Kier alpha value is -3.49. The SMILES string of the molecule is COCC[C@@H]1COc2cc3c(cc2O1)C1(CCC(Nc2cccc(Cl)c2)(C(=O)O)CC1)[C@@H](C[C@@H](C)COc1ccnc2c1[C@H](C)CCC2)C3. The van der Waals surface area contributed by atoms with Crippen molar-refractivity contribution < 1.29 is 28.8 Å². The van der Waals surface area contributed by atoms with E-state index >= 15 is 0 Å². The second-order valence-electron chi connectivity index (χ2n) is 15.0. The molecule has 262 valence electrons. The number of benzene rings is 2. The smallest absolute Gasteiger partial charge is 0.329 e. The number of ether oxygens (including phenoxy) is 4. The minimum atomic E-state index is -1.08. The number of aryl methyl sites for hydroxylation is 1. The van der Waals surface area contributed by atoms with Gasteiger partial charge in [0.1, 0.15) is 24.0 Å². The van der Waals surface area contributed by atoms with Gasteiger partial charge in [0.15, 0.2) is 11.5 Å². The summed E-state index contributed by atoms with van der Waals surface area (Å²) in [5, 5.41) is 14.6. The van der Waals surface area contributed by atoms with Crippen molar-refractivity contribution >= 4 is 23.3 Å². The van der Waals surface area contributed by atoms with Gasteiger partial charge in [-0.1, -0.05) is 31.5 Å². The maximum atomic E-state index is 13.0. The van der Waals surface area contributed by atoms with Gasteiger partial charge in [-0.15, -0.1) is 0 Å². The lowest BCUT2D eigenvalue weighted by Crippen LogP contribution is -2.53. The topological polar surface area (TPSA) is 99.1 Å². The average molecular weight is 689 g/mol. The summed E-state index contributed by atoms with van der Waals surface area (Å²) in [6.45, 7) is 6.32. The van der Waals surface area contributed by atoms with E-state index in [1.165, 1.54) is 35.2 Å². The van der Waals surface area contributed by atoms with E-state index in [2.05, 4.69) is 36.3 Å². The highest BCUT2D eigenvalue weighted by molar-refractivity contribution is 6.30. The van der Waals surface area contributed by atoms with Crippen LogP contribution in [-0.2, 0) is 27.8 Å². The average Bonchev–Trinajstić information content (AvgIpc) is 3.37. The Labute approximate surface area is 294 Å². The van der Waals surface area contributed by atoms with E-state index in [-0.39, 0.29) is 11.5 Å². The summed E-state index contributed by atoms with van der Waals surface area (Å²) in [7, 11) is 1.70. The van der Waals surface area contributed by atoms with Crippen LogP contribution in [0.2, 0.25) is 5.02 Å². The van der Waals surface area contributed by atoms with Gasteiger partial charge in [-0.05, 0) is 128 Å². The molecule has 4 atom stereocenters. The monoisotopic (exact) mass is 688 g/mol. The van der Waals surface area contributed by atoms with Gasteiger partial charge in [0.05, 0.1) is 6.61 Å². The number of pyridine rings is 1. The first-order valence-electron chi connectivity index (χ1n) is 18.0. The third-order valence-corrected chi connectivity index (χ3v) is 12.0. The molecular weight excluding hydrogens is 640 g/mol. The van der Waals surface area contributed by atoms with Gasteiger partial charge in [-0.25, -0.2) is 4.79 Å². The van der Waals surface area contributed by atoms with Gasteiger partial charge in [0.25, 0.3) is 0 Å². The second-order valence-corrected chi connectivity index (χ2v) is 15.4. The largest absolute Gasteiger partial charge is 0.493 e. The summed E-state index contributed by atoms with van der Waals surface area (Å²) in [4.78, 5) is 17.6. The summed E-state index contributed by atoms with van der Waals surface area (Å²) in [6.07, 6.45) is 10.3. The summed E-state index contributed by atoms with van der Waals surface area (Å²) in [6, 6.07) is 13.8. The second kappa shape index (κ2) is 14.0. The molecule has 2 heterocycles. The van der Waals surface area contributed by atoms with Crippen LogP contribution in [0.25, 0.3) is 0 Å². The van der Waals surface area contributed by atoms with E-state index in [1.807, 2.05) is 24.4 Å². The molecule has 49 heavy (non-hydrogen) atoms. The van der Waals surface area contributed by atoms with Crippen molar-refractivity contribution in [1.29, 1.82) is 0 Å². The first-order valence-corrected chi connectivity index (χ1v) is 18.4. The molecule has 7 rings (SSSR count). The number of methoxy groups -OCH3 is 1. The predicted molar refractivity (Wildman–Crippen MR) is 190 cm³/mol. The Kier molecular flexibility index (Phi) is 9.73. The number of aliphatic carboxylic acids is 1. The normalized spacial score (nSPS) is 27.6. The Morgan fingerprint density at radius 3 is 2.78 bits per heavy atom. The Balaban J connectivity index is 1.15. The van der Waals surface area contributed by atoms with Gasteiger partial charge in [-0.2, -0.15) is 0 Å². The van der Waals surface area contributed by atoms with Gasteiger partial charge in [0, 0.05) is 48.3 Å². The molecule has 1 aromatic heterocycles. The highest BCUT2D eigenvalue weighted by Gasteiger charge is 2.54. The van der Waals surface area contributed by atoms with E-state index in [1.54, 1.807) is 19.2 Å². The van der Waals surface area contributed by atoms with Crippen LogP contribution in [0.15, 0.2) is 48.7 Å². The van der Waals surface area contributed by atoms with E-state index in [9.17, 15) is 9.90 Å². The Morgan fingerprint density at radius 1 is 1.16 bits per heavy atom. The van der Waals surface area contributed by atoms with Crippen LogP contribution in [0, 0.1) is 11.8 Å². The molecule has 0 radical (unpaired) electrons. The highest BCUT2D eigenvalue weighted by atomic mass is 35.5. The van der Waals surface area contributed by atoms with Crippen molar-refractivity contribution in [3.63, 3.8) is 0 Å². The number of fused-ring (bicyclic) bond motifs is 4. The molecule has 8 nitrogen and oxygen atoms in total. The molecule has 9 heteroatoms. The van der Waals surface area contributed by atoms with Crippen molar-refractivity contribution in [2.24, 2.45) is 11.8 Å². The molecule has 1 spiro atoms. The Bertz CT molecular complexity index is 1670. The summed E-state index contributed by atoms with van der Waals surface area (Å²) >= 11 is 6.28. The standard InChI is InChI=1S/C40H49ClN2O6/c1-25(23-47-34-10-16-42-33-9-4-6-26(2)37(33)34)18-28-19-27-20-35-36(49-31(24-48-35)11-17-46-3)22-32(27)39(28)12-14-40(15-13-39,38(44)45)43-30-8-5-7-29(41)21-30/h5,7-8,10,16,20-22,25-26,28,31,43H,4,6,9,11-15,17-19,23-24H2,1-3H3,(H,44,45)/t25-,26-,28+,31-,39?,40?/m1/s1. The number of hydrogen-bond acceptors (Lipinski definition) is 7. The Morgan fingerprint density at radius 2 is 2.00 bits per heavy atom. The van der Waals surface area contributed by atoms with Crippen LogP contribution in [0.4, 0.5) is 5.69 Å². The van der Waals surface area contributed by atoms with Crippen LogP contribution >= 0.6 is 11.6 Å². The highest BCUT2D eigenvalue weighted by Crippen LogP contribution is 2.58. The molecule has 0 bridgehead atoms. The third kappa shape index (κ3) is 6.71. The lowest BCUT2D eigenvalue weighted by molar-refractivity contribution is -0.144. The van der Waals surface area contributed by atoms with Crippen molar-refractivity contribution in [1.82, 2.24) is 4.98 Å². The molecule has 1 saturated carbocycles. The predicted octanol–water partition coefficient (Wildman–Crippen LogP) is 8.38. The molecule has 2 N–H and O–H groups in total. The van der Waals surface area contributed by atoms with Crippen LogP contribution in [-0.4, -0.2) is 54.6 Å². The molecule has 1 aliphatic heterocycles. The molecule has 1 fully saturated rings. The maximum absolute atomic E-state index is 13.0. The quantitative estimate of drug-likeness (QED) is 0.207. The minimum absolute atomic E-state index is 0.0645. The summed E-state index contributed by atoms with van der Waals surface area (Å²) in [5.41, 5.74) is 4.52. The number of carboxylic acid groups (broad SMARTS) is 1. The maximum Gasteiger partial charge on any atom is 0.329 e. The van der Waals surface area contributed by atoms with Crippen molar-refractivity contribution in [3.05, 3.63) is 76.1 Å². The van der Waals surface area contributed by atoms with Gasteiger partial charge >= 0.3 is 5.97 Å². The number of halogens is 1. The van der Waals surface area contributed by atoms with E-state index in [0.29, 0.717) is 55.4 Å². The van der Waals surface area contributed by atoms with Crippen molar-refractivity contribution in [2.45, 2.75) is 101 Å². The van der Waals surface area contributed by atoms with Crippen LogP contribution < -0.4 is 19.5 Å². The zero-order valence-electron chi connectivity index (χ0n) is 28.9. The van der Waals surface area contributed by atoms with Gasteiger partial charge in [-0.3, -0.25) is 4.98 Å². The number of anilines is 1. The molecule has 4 aliphatic rings. The third-order valence-electron chi connectivity index (χ3n) is 11.7. The molecule has 3 aliphatic carbocycles. The van der Waals surface area contributed by atoms with Crippen LogP contribution in [0.3, 0.4) is 0 Å². The fourth-order valence-corrected chi connectivity index (χ4v) is 9.30. The number of carboxylic acids is 1. The number of aromatic nitrogens is 1. The molecular formula is C40H49ClN2O6. The summed E-state index contributed by atoms with van der Waals surface area (Å²) < 4.78 is 24.6. The lowest BCUT2D eigenvalue weighted by Gasteiger charge is -2.47. The summed E-state index contributed by atoms with van der Waals surface area (Å²) in [5.74, 6) is 2.83. The van der Waals surface area contributed by atoms with E-state index < -0.39 is 11.5 Å². The molecule has 2 aromatic carbocycles. The number of rotatable bonds is 11. The number of carbonyl (C=O) groups is 1. The van der Waals surface area contributed by atoms with Gasteiger partial charge < -0.3 is 29.4 Å². The van der Waals surface area contributed by atoms with E-state index in [4.69, 9.17) is 30.5 Å². The molecule has 0 amide bonds. The van der Waals surface area contributed by atoms with Crippen LogP contribution in [0.1, 0.15) is 93.5 Å². The first kappa shape index (κ1) is 34.0. The first-order chi connectivity index (χ1) is 23.7. The van der Waals surface area contributed by atoms with E-state index in [0.717, 1.165) is 61.5 Å². The molecule has 0 unspecified atom stereocenters. The number of nitrogens with one attached hydrogen (secondary N) is 1. The van der Waals surface area contributed by atoms with Gasteiger partial charge in [0.2, 0.25) is 0 Å². The zero-order chi connectivity index (χ0) is 34.2. The van der Waals surface area contributed by atoms with Crippen molar-refractivity contribution in [3.8, 4) is 17.2 Å². The van der Waals surface area contributed by atoms with Crippen molar-refractivity contribution in [2.75, 3.05) is 32.2 Å². The molecule has 3 aromatic rings. The number of hydrogen-bond donors (Lipinski definition) is 2. The molecule has 0 saturated heterocycles. The fraction of sp³-hybridized carbons (Fsp3) is 0.550. The lowest BCUT2D eigenvalue weighted by atomic mass is 9.59. The van der Waals surface area contributed by atoms with Crippen LogP contribution in [0.5, 0.6) is 17.2 Å². The zero-order valence-corrected chi connectivity index (χ0v) is 29.7.